The number of nitro groups is 1. The van der Waals surface area contributed by atoms with E-state index in [0.717, 1.165) is 5.56 Å². The number of nitrogens with zero attached hydrogens (tertiary/aromatic N) is 2. The highest BCUT2D eigenvalue weighted by Gasteiger charge is 2.13. The minimum atomic E-state index is -0.513. The molecule has 1 N–H and O–H groups in total. The predicted octanol–water partition coefficient (Wildman–Crippen LogP) is 5.43. The van der Waals surface area contributed by atoms with Crippen LogP contribution in [0.1, 0.15) is 23.6 Å². The summed E-state index contributed by atoms with van der Waals surface area (Å²) in [6.45, 7) is 4.17. The number of aryl methyl sites for hydroxylation is 1. The third-order valence-electron chi connectivity index (χ3n) is 4.85. The molecule has 0 saturated heterocycles. The van der Waals surface area contributed by atoms with E-state index in [9.17, 15) is 20.2 Å². The van der Waals surface area contributed by atoms with E-state index in [2.05, 4.69) is 5.32 Å². The van der Waals surface area contributed by atoms with Crippen molar-refractivity contribution < 1.29 is 19.2 Å². The Morgan fingerprint density at radius 1 is 1.09 bits per heavy atom. The number of carbonyl (C=O) groups excluding carboxylic acids is 1. The highest BCUT2D eigenvalue weighted by Crippen LogP contribution is 2.30. The average Bonchev–Trinajstić information content (AvgIpc) is 2.83. The number of ether oxygens (including phenoxy) is 2. The summed E-state index contributed by atoms with van der Waals surface area (Å²) in [6.07, 6.45) is 1.47. The largest absolute Gasteiger partial charge is 0.490 e. The SMILES string of the molecule is CCOc1cc(/C=C(/C#N)C(=O)Nc2ccccc2C)ccc1OCc1cccc([N+](=O)[O-])c1. The van der Waals surface area contributed by atoms with Crippen molar-refractivity contribution in [3.05, 3.63) is 99.1 Å². The number of hydrogen-bond acceptors (Lipinski definition) is 6. The van der Waals surface area contributed by atoms with E-state index in [1.54, 1.807) is 42.5 Å². The molecule has 0 aliphatic rings. The van der Waals surface area contributed by atoms with E-state index in [0.29, 0.717) is 34.9 Å². The second kappa shape index (κ2) is 11.3. The van der Waals surface area contributed by atoms with Crippen LogP contribution >= 0.6 is 0 Å². The first kappa shape index (κ1) is 24.0. The molecule has 34 heavy (non-hydrogen) atoms. The van der Waals surface area contributed by atoms with E-state index in [1.807, 2.05) is 32.0 Å². The molecule has 3 aromatic carbocycles. The molecule has 0 aliphatic heterocycles. The van der Waals surface area contributed by atoms with E-state index >= 15 is 0 Å². The van der Waals surface area contributed by atoms with Gasteiger partial charge in [-0.15, -0.1) is 0 Å². The molecule has 8 nitrogen and oxygen atoms in total. The summed E-state index contributed by atoms with van der Waals surface area (Å²) < 4.78 is 11.5. The monoisotopic (exact) mass is 457 g/mol. The molecule has 0 heterocycles. The zero-order valence-corrected chi connectivity index (χ0v) is 18.8. The number of benzene rings is 3. The van der Waals surface area contributed by atoms with Gasteiger partial charge in [-0.05, 0) is 54.8 Å². The number of anilines is 1. The van der Waals surface area contributed by atoms with Gasteiger partial charge in [-0.1, -0.05) is 36.4 Å². The van der Waals surface area contributed by atoms with Crippen molar-refractivity contribution >= 4 is 23.4 Å². The number of hydrogen-bond donors (Lipinski definition) is 1. The lowest BCUT2D eigenvalue weighted by Gasteiger charge is -2.13. The molecule has 0 saturated carbocycles. The van der Waals surface area contributed by atoms with Crippen molar-refractivity contribution in [1.29, 1.82) is 5.26 Å². The van der Waals surface area contributed by atoms with Gasteiger partial charge in [-0.3, -0.25) is 14.9 Å². The number of amides is 1. The molecule has 0 aromatic heterocycles. The Labute approximate surface area is 197 Å². The topological polar surface area (TPSA) is 114 Å². The Kier molecular flexibility index (Phi) is 7.97. The maximum atomic E-state index is 12.6. The molecule has 3 rings (SSSR count). The van der Waals surface area contributed by atoms with Crippen molar-refractivity contribution in [2.75, 3.05) is 11.9 Å². The van der Waals surface area contributed by atoms with E-state index in [1.165, 1.54) is 18.2 Å². The highest BCUT2D eigenvalue weighted by molar-refractivity contribution is 6.10. The van der Waals surface area contributed by atoms with Gasteiger partial charge in [0, 0.05) is 17.8 Å². The zero-order chi connectivity index (χ0) is 24.5. The van der Waals surface area contributed by atoms with Gasteiger partial charge in [0.05, 0.1) is 11.5 Å². The van der Waals surface area contributed by atoms with Crippen molar-refractivity contribution in [2.45, 2.75) is 20.5 Å². The Morgan fingerprint density at radius 2 is 1.88 bits per heavy atom. The molecule has 0 radical (unpaired) electrons. The minimum Gasteiger partial charge on any atom is -0.490 e. The smallest absolute Gasteiger partial charge is 0.269 e. The van der Waals surface area contributed by atoms with Gasteiger partial charge in [0.2, 0.25) is 0 Å². The Balaban J connectivity index is 1.79. The Hall–Kier alpha value is -4.64. The highest BCUT2D eigenvalue weighted by atomic mass is 16.6. The predicted molar refractivity (Wildman–Crippen MR) is 128 cm³/mol. The van der Waals surface area contributed by atoms with Gasteiger partial charge < -0.3 is 14.8 Å². The van der Waals surface area contributed by atoms with Gasteiger partial charge in [-0.25, -0.2) is 0 Å². The van der Waals surface area contributed by atoms with E-state index in [-0.39, 0.29) is 17.9 Å². The fraction of sp³-hybridized carbons (Fsp3) is 0.154. The van der Waals surface area contributed by atoms with Crippen LogP contribution < -0.4 is 14.8 Å². The first-order valence-electron chi connectivity index (χ1n) is 10.5. The molecule has 0 bridgehead atoms. The van der Waals surface area contributed by atoms with Crippen LogP contribution in [0.4, 0.5) is 11.4 Å². The number of carbonyl (C=O) groups is 1. The summed E-state index contributed by atoms with van der Waals surface area (Å²) >= 11 is 0. The van der Waals surface area contributed by atoms with Crippen molar-refractivity contribution in [2.24, 2.45) is 0 Å². The van der Waals surface area contributed by atoms with Crippen LogP contribution in [0, 0.1) is 28.4 Å². The lowest BCUT2D eigenvalue weighted by atomic mass is 10.1. The van der Waals surface area contributed by atoms with Gasteiger partial charge in [-0.2, -0.15) is 5.26 Å². The Morgan fingerprint density at radius 3 is 2.59 bits per heavy atom. The van der Waals surface area contributed by atoms with Crippen LogP contribution in [0.15, 0.2) is 72.3 Å². The van der Waals surface area contributed by atoms with Crippen molar-refractivity contribution in [1.82, 2.24) is 0 Å². The molecule has 0 aliphatic carbocycles. The van der Waals surface area contributed by atoms with Crippen molar-refractivity contribution in [3.63, 3.8) is 0 Å². The summed E-state index contributed by atoms with van der Waals surface area (Å²) in [5.41, 5.74) is 2.67. The second-order valence-electron chi connectivity index (χ2n) is 7.29. The molecule has 0 fully saturated rings. The molecule has 3 aromatic rings. The van der Waals surface area contributed by atoms with Gasteiger partial charge >= 0.3 is 0 Å². The standard InChI is InChI=1S/C26H23N3O5/c1-3-33-25-15-19(13-21(16-27)26(30)28-23-10-5-4-7-18(23)2)11-12-24(25)34-17-20-8-6-9-22(14-20)29(31)32/h4-15H,3,17H2,1-2H3,(H,28,30)/b21-13-. The van der Waals surface area contributed by atoms with Crippen LogP contribution in [-0.2, 0) is 11.4 Å². The summed E-state index contributed by atoms with van der Waals surface area (Å²) in [6, 6.07) is 20.5. The number of nitrogens with one attached hydrogen (secondary N) is 1. The van der Waals surface area contributed by atoms with Crippen LogP contribution in [0.5, 0.6) is 11.5 Å². The van der Waals surface area contributed by atoms with Crippen LogP contribution in [0.25, 0.3) is 6.08 Å². The molecule has 172 valence electrons. The number of para-hydroxylation sites is 1. The Bertz CT molecular complexity index is 1280. The maximum absolute atomic E-state index is 12.6. The minimum absolute atomic E-state index is 0.0142. The fourth-order valence-corrected chi connectivity index (χ4v) is 3.14. The van der Waals surface area contributed by atoms with Gasteiger partial charge in [0.1, 0.15) is 18.2 Å². The quantitative estimate of drug-likeness (QED) is 0.198. The number of nitriles is 1. The second-order valence-corrected chi connectivity index (χ2v) is 7.29. The third-order valence-corrected chi connectivity index (χ3v) is 4.85. The van der Waals surface area contributed by atoms with Gasteiger partial charge in [0.15, 0.2) is 11.5 Å². The van der Waals surface area contributed by atoms with E-state index in [4.69, 9.17) is 9.47 Å². The average molecular weight is 457 g/mol. The summed E-state index contributed by atoms with van der Waals surface area (Å²) in [4.78, 5) is 23.1. The first-order chi connectivity index (χ1) is 16.4. The zero-order valence-electron chi connectivity index (χ0n) is 18.8. The number of non-ortho nitro benzene ring substituents is 1. The van der Waals surface area contributed by atoms with Crippen LogP contribution in [0.2, 0.25) is 0 Å². The fourth-order valence-electron chi connectivity index (χ4n) is 3.14. The summed E-state index contributed by atoms with van der Waals surface area (Å²) in [7, 11) is 0. The molecule has 1 amide bonds. The lowest BCUT2D eigenvalue weighted by Crippen LogP contribution is -2.14. The molecule has 0 atom stereocenters. The molecule has 0 unspecified atom stereocenters. The third kappa shape index (κ3) is 6.20. The molecule has 0 spiro atoms. The normalized spacial score (nSPS) is 10.8. The van der Waals surface area contributed by atoms with Crippen LogP contribution in [0.3, 0.4) is 0 Å². The number of rotatable bonds is 9. The molecule has 8 heteroatoms. The maximum Gasteiger partial charge on any atom is 0.269 e. The summed E-state index contributed by atoms with van der Waals surface area (Å²) in [5.74, 6) is 0.354. The lowest BCUT2D eigenvalue weighted by molar-refractivity contribution is -0.384. The van der Waals surface area contributed by atoms with Crippen molar-refractivity contribution in [3.8, 4) is 17.6 Å². The van der Waals surface area contributed by atoms with Crippen LogP contribution in [-0.4, -0.2) is 17.4 Å². The summed E-state index contributed by atoms with van der Waals surface area (Å²) in [5, 5.41) is 23.2. The molecular weight excluding hydrogens is 434 g/mol. The molecular formula is C26H23N3O5. The number of nitro benzene ring substituents is 1. The first-order valence-corrected chi connectivity index (χ1v) is 10.5. The van der Waals surface area contributed by atoms with E-state index < -0.39 is 10.8 Å². The van der Waals surface area contributed by atoms with Gasteiger partial charge in [0.25, 0.3) is 11.6 Å².